The molecular weight excluding hydrogens is 168 g/mol. The number of carbonyl (C=O) groups is 1. The second-order valence-electron chi connectivity index (χ2n) is 3.76. The number of nitrogens with zero attached hydrogens (tertiary/aromatic N) is 2. The number of hydrogen-bond donors (Lipinski definition) is 2. The van der Waals surface area contributed by atoms with Crippen LogP contribution in [0.5, 0.6) is 0 Å². The molecule has 0 aromatic carbocycles. The third kappa shape index (κ3) is 1.54. The quantitative estimate of drug-likeness (QED) is 0.708. The van der Waals surface area contributed by atoms with Gasteiger partial charge in [-0.2, -0.15) is 4.98 Å². The van der Waals surface area contributed by atoms with Crippen LogP contribution in [0.1, 0.15) is 25.6 Å². The van der Waals surface area contributed by atoms with Crippen molar-refractivity contribution >= 4 is 11.9 Å². The number of anilines is 1. The van der Waals surface area contributed by atoms with Gasteiger partial charge in [-0.15, -0.1) is 5.10 Å². The fourth-order valence-electron chi connectivity index (χ4n) is 1.07. The molecule has 1 heterocycles. The van der Waals surface area contributed by atoms with Crippen molar-refractivity contribution < 1.29 is 4.79 Å². The van der Waals surface area contributed by atoms with Gasteiger partial charge in [-0.3, -0.25) is 15.2 Å². The van der Waals surface area contributed by atoms with Crippen LogP contribution in [0.25, 0.3) is 0 Å². The molecule has 0 spiro atoms. The summed E-state index contributed by atoms with van der Waals surface area (Å²) in [6.45, 7) is 3.74. The first-order valence-corrected chi connectivity index (χ1v) is 4.31. The lowest BCUT2D eigenvalue weighted by molar-refractivity contribution is -0.120. The summed E-state index contributed by atoms with van der Waals surface area (Å²) in [5.74, 6) is 1.10. The van der Waals surface area contributed by atoms with E-state index in [1.807, 2.05) is 6.92 Å². The van der Waals surface area contributed by atoms with Crippen LogP contribution in [0.15, 0.2) is 0 Å². The molecule has 0 saturated heterocycles. The Hall–Kier alpha value is -1.39. The van der Waals surface area contributed by atoms with Crippen molar-refractivity contribution in [2.45, 2.75) is 26.7 Å². The molecule has 1 amide bonds. The zero-order chi connectivity index (χ0) is 9.47. The fourth-order valence-corrected chi connectivity index (χ4v) is 1.07. The zero-order valence-corrected chi connectivity index (χ0v) is 7.72. The van der Waals surface area contributed by atoms with Gasteiger partial charge in [0.25, 0.3) is 0 Å². The largest absolute Gasteiger partial charge is 0.293 e. The van der Waals surface area contributed by atoms with E-state index in [1.165, 1.54) is 0 Å². The number of H-pyrrole nitrogens is 1. The van der Waals surface area contributed by atoms with Gasteiger partial charge in [0.05, 0.1) is 0 Å². The van der Waals surface area contributed by atoms with E-state index in [2.05, 4.69) is 20.5 Å². The first kappa shape index (κ1) is 8.22. The van der Waals surface area contributed by atoms with Gasteiger partial charge in [-0.05, 0) is 19.8 Å². The fraction of sp³-hybridized carbons (Fsp3) is 0.625. The standard InChI is InChI=1S/C8H12N4O/c1-5-9-7(12-11-5)10-6(13)8(2)3-4-8/h3-4H2,1-2H3,(H2,9,10,11,12,13). The summed E-state index contributed by atoms with van der Waals surface area (Å²) in [6, 6.07) is 0. The number of rotatable bonds is 2. The van der Waals surface area contributed by atoms with Gasteiger partial charge in [0.2, 0.25) is 11.9 Å². The van der Waals surface area contributed by atoms with Crippen molar-refractivity contribution in [2.24, 2.45) is 5.41 Å². The lowest BCUT2D eigenvalue weighted by Crippen LogP contribution is -2.22. The van der Waals surface area contributed by atoms with E-state index in [0.717, 1.165) is 12.8 Å². The third-order valence-electron chi connectivity index (χ3n) is 2.37. The van der Waals surface area contributed by atoms with E-state index in [-0.39, 0.29) is 11.3 Å². The number of aromatic nitrogens is 3. The highest BCUT2D eigenvalue weighted by Crippen LogP contribution is 2.45. The summed E-state index contributed by atoms with van der Waals surface area (Å²) in [4.78, 5) is 15.5. The number of aryl methyl sites for hydroxylation is 1. The second kappa shape index (κ2) is 2.55. The number of hydrogen-bond acceptors (Lipinski definition) is 3. The minimum Gasteiger partial charge on any atom is -0.293 e. The average Bonchev–Trinajstić information content (AvgIpc) is 2.69. The molecule has 0 unspecified atom stereocenters. The molecule has 0 radical (unpaired) electrons. The van der Waals surface area contributed by atoms with Crippen LogP contribution in [0.2, 0.25) is 0 Å². The molecule has 1 saturated carbocycles. The van der Waals surface area contributed by atoms with Crippen LogP contribution in [0.3, 0.4) is 0 Å². The highest BCUT2D eigenvalue weighted by molar-refractivity contribution is 5.95. The molecule has 0 aliphatic heterocycles. The molecule has 13 heavy (non-hydrogen) atoms. The lowest BCUT2D eigenvalue weighted by Gasteiger charge is -2.05. The van der Waals surface area contributed by atoms with Gasteiger partial charge in [-0.1, -0.05) is 6.92 Å². The van der Waals surface area contributed by atoms with E-state index in [4.69, 9.17) is 0 Å². The molecule has 70 valence electrons. The minimum atomic E-state index is -0.172. The average molecular weight is 180 g/mol. The van der Waals surface area contributed by atoms with E-state index in [9.17, 15) is 4.79 Å². The molecule has 1 aromatic heterocycles. The number of aromatic amines is 1. The third-order valence-corrected chi connectivity index (χ3v) is 2.37. The van der Waals surface area contributed by atoms with E-state index in [0.29, 0.717) is 11.8 Å². The molecule has 2 rings (SSSR count). The van der Waals surface area contributed by atoms with Crippen molar-refractivity contribution in [1.29, 1.82) is 0 Å². The molecule has 1 fully saturated rings. The Balaban J connectivity index is 2.02. The number of carbonyl (C=O) groups excluding carboxylic acids is 1. The molecular formula is C8H12N4O. The molecule has 0 bridgehead atoms. The Kier molecular flexibility index (Phi) is 1.61. The summed E-state index contributed by atoms with van der Waals surface area (Å²) >= 11 is 0. The van der Waals surface area contributed by atoms with Gasteiger partial charge >= 0.3 is 0 Å². The van der Waals surface area contributed by atoms with E-state index >= 15 is 0 Å². The highest BCUT2D eigenvalue weighted by atomic mass is 16.2. The lowest BCUT2D eigenvalue weighted by atomic mass is 10.1. The molecule has 5 heteroatoms. The van der Waals surface area contributed by atoms with Crippen molar-refractivity contribution in [3.63, 3.8) is 0 Å². The minimum absolute atomic E-state index is 0.0199. The summed E-state index contributed by atoms with van der Waals surface area (Å²) < 4.78 is 0. The van der Waals surface area contributed by atoms with Crippen LogP contribution in [0, 0.1) is 12.3 Å². The Morgan fingerprint density at radius 2 is 2.31 bits per heavy atom. The summed E-state index contributed by atoms with van der Waals surface area (Å²) in [6.07, 6.45) is 1.92. The van der Waals surface area contributed by atoms with Crippen LogP contribution in [-0.4, -0.2) is 21.1 Å². The predicted molar refractivity (Wildman–Crippen MR) is 47.1 cm³/mol. The number of nitrogens with one attached hydrogen (secondary N) is 2. The summed E-state index contributed by atoms with van der Waals surface area (Å²) in [7, 11) is 0. The Labute approximate surface area is 75.9 Å². The first-order chi connectivity index (χ1) is 6.10. The first-order valence-electron chi connectivity index (χ1n) is 4.31. The van der Waals surface area contributed by atoms with Crippen LogP contribution in [-0.2, 0) is 4.79 Å². The normalized spacial score (nSPS) is 18.3. The molecule has 1 aromatic rings. The maximum atomic E-state index is 11.5. The maximum Gasteiger partial charge on any atom is 0.248 e. The van der Waals surface area contributed by atoms with Gasteiger partial charge in [0.1, 0.15) is 5.82 Å². The predicted octanol–water partition coefficient (Wildman–Crippen LogP) is 0.852. The van der Waals surface area contributed by atoms with Gasteiger partial charge in [-0.25, -0.2) is 0 Å². The summed E-state index contributed by atoms with van der Waals surface area (Å²) in [5, 5.41) is 9.17. The molecule has 1 aliphatic rings. The van der Waals surface area contributed by atoms with Crippen molar-refractivity contribution in [1.82, 2.24) is 15.2 Å². The van der Waals surface area contributed by atoms with Crippen molar-refractivity contribution in [3.05, 3.63) is 5.82 Å². The van der Waals surface area contributed by atoms with Gasteiger partial charge in [0, 0.05) is 5.41 Å². The van der Waals surface area contributed by atoms with Crippen molar-refractivity contribution in [3.8, 4) is 0 Å². The van der Waals surface area contributed by atoms with E-state index in [1.54, 1.807) is 6.92 Å². The van der Waals surface area contributed by atoms with Gasteiger partial charge in [0.15, 0.2) is 0 Å². The monoisotopic (exact) mass is 180 g/mol. The Bertz CT molecular complexity index is 340. The zero-order valence-electron chi connectivity index (χ0n) is 7.72. The topological polar surface area (TPSA) is 70.7 Å². The molecule has 1 aliphatic carbocycles. The molecule has 2 N–H and O–H groups in total. The molecule has 0 atom stereocenters. The Morgan fingerprint density at radius 1 is 1.62 bits per heavy atom. The van der Waals surface area contributed by atoms with Crippen LogP contribution < -0.4 is 5.32 Å². The number of amides is 1. The summed E-state index contributed by atoms with van der Waals surface area (Å²) in [5.41, 5.74) is -0.172. The maximum absolute atomic E-state index is 11.5. The Morgan fingerprint density at radius 3 is 2.77 bits per heavy atom. The van der Waals surface area contributed by atoms with Gasteiger partial charge < -0.3 is 0 Å². The van der Waals surface area contributed by atoms with E-state index < -0.39 is 0 Å². The van der Waals surface area contributed by atoms with Crippen LogP contribution in [0.4, 0.5) is 5.95 Å². The second-order valence-corrected chi connectivity index (χ2v) is 3.76. The highest BCUT2D eigenvalue weighted by Gasteiger charge is 2.45. The SMILES string of the molecule is Cc1nc(NC(=O)C2(C)CC2)n[nH]1. The molecule has 5 nitrogen and oxygen atoms in total. The van der Waals surface area contributed by atoms with Crippen LogP contribution >= 0.6 is 0 Å². The van der Waals surface area contributed by atoms with Crippen molar-refractivity contribution in [2.75, 3.05) is 5.32 Å². The smallest absolute Gasteiger partial charge is 0.248 e.